The van der Waals surface area contributed by atoms with Crippen LogP contribution in [0.25, 0.3) is 0 Å². The summed E-state index contributed by atoms with van der Waals surface area (Å²) in [5.74, 6) is -3.25. The van der Waals surface area contributed by atoms with Gasteiger partial charge in [0.15, 0.2) is 0 Å². The smallest absolute Gasteiger partial charge is 0.430 e. The molecule has 0 bridgehead atoms. The third-order valence-electron chi connectivity index (χ3n) is 2.13. The predicted molar refractivity (Wildman–Crippen MR) is 45.9 cm³/mol. The van der Waals surface area contributed by atoms with Crippen LogP contribution in [0.15, 0.2) is 0 Å². The van der Waals surface area contributed by atoms with Gasteiger partial charge < -0.3 is 9.64 Å². The van der Waals surface area contributed by atoms with Crippen LogP contribution in [0.5, 0.6) is 0 Å². The summed E-state index contributed by atoms with van der Waals surface area (Å²) in [6.45, 7) is 0.853. The lowest BCUT2D eigenvalue weighted by atomic mass is 10.4. The first kappa shape index (κ1) is 12.8. The van der Waals surface area contributed by atoms with Crippen molar-refractivity contribution < 1.29 is 27.5 Å². The molecule has 1 unspecified atom stereocenters. The molecule has 1 heterocycles. The lowest BCUT2D eigenvalue weighted by molar-refractivity contribution is -0.206. The fourth-order valence-electron chi connectivity index (χ4n) is 1.35. The number of rotatable bonds is 2. The fourth-order valence-corrected chi connectivity index (χ4v) is 1.35. The fraction of sp³-hybridized carbons (Fsp3) is 0.750. The average Bonchev–Trinajstić information content (AvgIpc) is 2.67. The maximum absolute atomic E-state index is 11.8. The second kappa shape index (κ2) is 4.69. The molecule has 1 rings (SSSR count). The van der Waals surface area contributed by atoms with Crippen molar-refractivity contribution in [2.75, 3.05) is 13.1 Å². The summed E-state index contributed by atoms with van der Waals surface area (Å²) in [6, 6.07) is 0. The maximum atomic E-state index is 11.8. The van der Waals surface area contributed by atoms with Crippen molar-refractivity contribution in [1.29, 1.82) is 0 Å². The van der Waals surface area contributed by atoms with Crippen molar-refractivity contribution in [3.05, 3.63) is 0 Å². The Kier molecular flexibility index (Phi) is 3.74. The van der Waals surface area contributed by atoms with Crippen LogP contribution in [-0.4, -0.2) is 42.3 Å². The number of carbonyl (C=O) groups is 2. The quantitative estimate of drug-likeness (QED) is 0.544. The van der Waals surface area contributed by atoms with E-state index < -0.39 is 24.3 Å². The van der Waals surface area contributed by atoms with Crippen LogP contribution in [0.2, 0.25) is 0 Å². The molecule has 0 radical (unpaired) electrons. The van der Waals surface area contributed by atoms with Crippen LogP contribution in [-0.2, 0) is 14.3 Å². The zero-order valence-corrected chi connectivity index (χ0v) is 8.29. The monoisotopic (exact) mass is 240 g/mol. The topological polar surface area (TPSA) is 72.6 Å². The summed E-state index contributed by atoms with van der Waals surface area (Å²) >= 11 is 0. The molecule has 1 saturated heterocycles. The number of nitrogens with zero attached hydrogens (tertiary/aromatic N) is 1. The molecule has 1 aliphatic heterocycles. The first-order chi connectivity index (χ1) is 7.32. The summed E-state index contributed by atoms with van der Waals surface area (Å²) in [4.78, 5) is 23.0. The minimum atomic E-state index is -5.14. The first-order valence-electron chi connectivity index (χ1n) is 4.64. The minimum Gasteiger partial charge on any atom is -0.430 e. The summed E-state index contributed by atoms with van der Waals surface area (Å²) in [5, 5.41) is 0. The normalized spacial score (nSPS) is 18.4. The van der Waals surface area contributed by atoms with E-state index in [0.717, 1.165) is 12.8 Å². The van der Waals surface area contributed by atoms with Gasteiger partial charge in [-0.15, -0.1) is 0 Å². The molecular weight excluding hydrogens is 229 g/mol. The van der Waals surface area contributed by atoms with Crippen LogP contribution in [0, 0.1) is 0 Å². The van der Waals surface area contributed by atoms with E-state index in [9.17, 15) is 22.8 Å². The molecule has 0 aliphatic carbocycles. The number of halogens is 3. The van der Waals surface area contributed by atoms with E-state index in [1.165, 1.54) is 4.90 Å². The van der Waals surface area contributed by atoms with Crippen molar-refractivity contribution in [3.63, 3.8) is 0 Å². The molecule has 1 aliphatic rings. The van der Waals surface area contributed by atoms with Gasteiger partial charge in [0.25, 0.3) is 5.91 Å². The highest BCUT2D eigenvalue weighted by atomic mass is 19.4. The number of hydrogen-bond acceptors (Lipinski definition) is 4. The molecule has 0 saturated carbocycles. The van der Waals surface area contributed by atoms with Gasteiger partial charge in [-0.1, -0.05) is 0 Å². The molecule has 92 valence electrons. The third-order valence-corrected chi connectivity index (χ3v) is 2.13. The Morgan fingerprint density at radius 2 is 1.75 bits per heavy atom. The zero-order chi connectivity index (χ0) is 12.3. The Bertz CT molecular complexity index is 287. The summed E-state index contributed by atoms with van der Waals surface area (Å²) in [5.41, 5.74) is 5.06. The number of ether oxygens (including phenoxy) is 1. The number of nitrogens with two attached hydrogens (primary N) is 1. The number of amides is 1. The lowest BCUT2D eigenvalue weighted by Gasteiger charge is -2.20. The Balaban J connectivity index is 2.48. The number of alkyl halides is 3. The molecule has 8 heteroatoms. The van der Waals surface area contributed by atoms with Crippen molar-refractivity contribution >= 4 is 11.9 Å². The van der Waals surface area contributed by atoms with Gasteiger partial charge in [-0.05, 0) is 12.8 Å². The highest BCUT2D eigenvalue weighted by molar-refractivity contribution is 5.84. The van der Waals surface area contributed by atoms with E-state index in [1.807, 2.05) is 0 Å². The lowest BCUT2D eigenvalue weighted by Crippen LogP contribution is -2.46. The largest absolute Gasteiger partial charge is 0.490 e. The SMILES string of the molecule is NC(OC(=O)C(F)(F)F)C(=O)N1CCCC1. The average molecular weight is 240 g/mol. The standard InChI is InChI=1S/C8H11F3N2O3/c9-8(10,11)7(15)16-5(12)6(14)13-3-1-2-4-13/h5H,1-4,12H2. The van der Waals surface area contributed by atoms with Crippen LogP contribution < -0.4 is 5.73 Å². The van der Waals surface area contributed by atoms with E-state index in [0.29, 0.717) is 13.1 Å². The molecule has 0 spiro atoms. The van der Waals surface area contributed by atoms with E-state index >= 15 is 0 Å². The molecule has 0 aromatic heterocycles. The minimum absolute atomic E-state index is 0.427. The van der Waals surface area contributed by atoms with Gasteiger partial charge >= 0.3 is 12.1 Å². The van der Waals surface area contributed by atoms with Gasteiger partial charge in [0.2, 0.25) is 6.23 Å². The van der Waals surface area contributed by atoms with Crippen LogP contribution in [0.1, 0.15) is 12.8 Å². The molecule has 5 nitrogen and oxygen atoms in total. The van der Waals surface area contributed by atoms with Gasteiger partial charge in [-0.2, -0.15) is 13.2 Å². The van der Waals surface area contributed by atoms with E-state index in [-0.39, 0.29) is 0 Å². The van der Waals surface area contributed by atoms with Gasteiger partial charge in [0.1, 0.15) is 0 Å². The second-order valence-electron chi connectivity index (χ2n) is 3.36. The Morgan fingerprint density at radius 1 is 1.25 bits per heavy atom. The molecule has 1 fully saturated rings. The van der Waals surface area contributed by atoms with Crippen LogP contribution in [0.3, 0.4) is 0 Å². The Morgan fingerprint density at radius 3 is 2.19 bits per heavy atom. The molecule has 0 aromatic rings. The van der Waals surface area contributed by atoms with E-state index in [2.05, 4.69) is 4.74 Å². The molecule has 16 heavy (non-hydrogen) atoms. The zero-order valence-electron chi connectivity index (χ0n) is 8.29. The molecule has 1 amide bonds. The van der Waals surface area contributed by atoms with Gasteiger partial charge in [-0.3, -0.25) is 10.5 Å². The van der Waals surface area contributed by atoms with Crippen LogP contribution in [0.4, 0.5) is 13.2 Å². The number of hydrogen-bond donors (Lipinski definition) is 1. The Hall–Kier alpha value is -1.31. The predicted octanol–water partition coefficient (Wildman–Crippen LogP) is -0.000900. The van der Waals surface area contributed by atoms with Gasteiger partial charge in [-0.25, -0.2) is 4.79 Å². The number of esters is 1. The molecule has 0 aromatic carbocycles. The number of likely N-dealkylation sites (tertiary alicyclic amines) is 1. The highest BCUT2D eigenvalue weighted by Gasteiger charge is 2.43. The third kappa shape index (κ3) is 3.09. The second-order valence-corrected chi connectivity index (χ2v) is 3.36. The Labute approximate surface area is 89.3 Å². The highest BCUT2D eigenvalue weighted by Crippen LogP contribution is 2.17. The van der Waals surface area contributed by atoms with Gasteiger partial charge in [0.05, 0.1) is 0 Å². The summed E-state index contributed by atoms with van der Waals surface area (Å²) in [6.07, 6.45) is -5.48. The van der Waals surface area contributed by atoms with Crippen molar-refractivity contribution in [2.24, 2.45) is 5.73 Å². The molecule has 2 N–H and O–H groups in total. The van der Waals surface area contributed by atoms with E-state index in [1.54, 1.807) is 0 Å². The summed E-state index contributed by atoms with van der Waals surface area (Å²) in [7, 11) is 0. The van der Waals surface area contributed by atoms with E-state index in [4.69, 9.17) is 5.73 Å². The first-order valence-corrected chi connectivity index (χ1v) is 4.64. The maximum Gasteiger partial charge on any atom is 0.490 e. The van der Waals surface area contributed by atoms with Crippen LogP contribution >= 0.6 is 0 Å². The summed E-state index contributed by atoms with van der Waals surface area (Å²) < 4.78 is 39.2. The number of carbonyl (C=O) groups excluding carboxylic acids is 2. The van der Waals surface area contributed by atoms with Gasteiger partial charge in [0, 0.05) is 13.1 Å². The van der Waals surface area contributed by atoms with Crippen molar-refractivity contribution in [1.82, 2.24) is 4.90 Å². The van der Waals surface area contributed by atoms with Crippen molar-refractivity contribution in [3.8, 4) is 0 Å². The van der Waals surface area contributed by atoms with Crippen molar-refractivity contribution in [2.45, 2.75) is 25.2 Å². The molecule has 1 atom stereocenters. The molecular formula is C8H11F3N2O3.